The van der Waals surface area contributed by atoms with Crippen LogP contribution in [0.4, 0.5) is 0 Å². The summed E-state index contributed by atoms with van der Waals surface area (Å²) in [6, 6.07) is 0. The molecule has 0 aromatic carbocycles. The Bertz CT molecular complexity index is 980. The molecule has 2 amide bonds. The number of fused-ring (bicyclic) bond motifs is 9. The highest BCUT2D eigenvalue weighted by Crippen LogP contribution is 2.68. The van der Waals surface area contributed by atoms with Gasteiger partial charge in [-0.15, -0.1) is 11.8 Å². The summed E-state index contributed by atoms with van der Waals surface area (Å²) >= 11 is 2.93. The lowest BCUT2D eigenvalue weighted by Gasteiger charge is -2.47. The number of hydrogen-bond donors (Lipinski definition) is 1. The Balaban J connectivity index is 1.46. The van der Waals surface area contributed by atoms with E-state index in [0.717, 1.165) is 21.2 Å². The van der Waals surface area contributed by atoms with Crippen molar-refractivity contribution in [2.45, 2.75) is 55.9 Å². The SMILES string of the molecule is CC(C)OC(=O)CN1C(=O)[C@@H]2[C@H]3C[C@@H]([C@@H]2C1=O)[C@H]1[C@@H]3Sc2[nH]c(=O)sc2C1(C)C. The van der Waals surface area contributed by atoms with Crippen molar-refractivity contribution in [1.82, 2.24) is 9.88 Å². The molecule has 7 nitrogen and oxygen atoms in total. The maximum atomic E-state index is 13.2. The maximum Gasteiger partial charge on any atom is 0.326 e. The number of aromatic nitrogens is 1. The van der Waals surface area contributed by atoms with Crippen LogP contribution in [0.3, 0.4) is 0 Å². The third-order valence-corrected chi connectivity index (χ3v) is 9.94. The minimum absolute atomic E-state index is 0.0508. The molecule has 156 valence electrons. The number of H-pyrrole nitrogens is 1. The van der Waals surface area contributed by atoms with E-state index in [2.05, 4.69) is 18.8 Å². The predicted octanol–water partition coefficient (Wildman–Crippen LogP) is 2.01. The third kappa shape index (κ3) is 2.55. The second-order valence-corrected chi connectivity index (χ2v) is 11.6. The Morgan fingerprint density at radius 3 is 2.52 bits per heavy atom. The third-order valence-electron chi connectivity index (χ3n) is 7.14. The number of nitrogens with one attached hydrogen (secondary N) is 1. The molecule has 5 rings (SSSR count). The summed E-state index contributed by atoms with van der Waals surface area (Å²) < 4.78 is 5.15. The molecule has 0 unspecified atom stereocenters. The van der Waals surface area contributed by atoms with E-state index in [-0.39, 0.29) is 69.6 Å². The molecule has 1 saturated heterocycles. The summed E-state index contributed by atoms with van der Waals surface area (Å²) in [4.78, 5) is 55.5. The number of carbonyl (C=O) groups is 3. The molecule has 3 heterocycles. The van der Waals surface area contributed by atoms with E-state index in [4.69, 9.17) is 4.74 Å². The van der Waals surface area contributed by atoms with Crippen molar-refractivity contribution in [3.63, 3.8) is 0 Å². The number of thioether (sulfide) groups is 1. The van der Waals surface area contributed by atoms with Gasteiger partial charge in [0.05, 0.1) is 23.0 Å². The second kappa shape index (κ2) is 6.20. The number of rotatable bonds is 3. The molecule has 2 aliphatic carbocycles. The number of esters is 1. The summed E-state index contributed by atoms with van der Waals surface area (Å²) in [6.45, 7) is 7.50. The molecule has 1 aromatic rings. The van der Waals surface area contributed by atoms with Crippen LogP contribution in [0.2, 0.25) is 0 Å². The molecule has 2 bridgehead atoms. The van der Waals surface area contributed by atoms with Gasteiger partial charge in [-0.25, -0.2) is 0 Å². The molecule has 0 radical (unpaired) electrons. The van der Waals surface area contributed by atoms with Crippen molar-refractivity contribution in [2.24, 2.45) is 29.6 Å². The summed E-state index contributed by atoms with van der Waals surface area (Å²) in [7, 11) is 0. The minimum Gasteiger partial charge on any atom is -0.462 e. The standard InChI is InChI=1S/C20H24N2O5S2/c1-7(2)27-10(23)6-22-17(24)11-8-5-9(12(11)18(22)25)14-13(8)20(3,4)15-16(28-14)21-19(26)29-15/h7-9,11-14H,5-6H2,1-4H3,(H,21,26)/t8-,9+,11-,12+,13-,14+/m0/s1. The minimum atomic E-state index is -0.541. The number of hydrogen-bond acceptors (Lipinski definition) is 7. The average molecular weight is 437 g/mol. The lowest BCUT2D eigenvalue weighted by molar-refractivity contribution is -0.155. The number of amides is 2. The van der Waals surface area contributed by atoms with Gasteiger partial charge in [-0.1, -0.05) is 25.2 Å². The van der Waals surface area contributed by atoms with Gasteiger partial charge < -0.3 is 9.72 Å². The van der Waals surface area contributed by atoms with Gasteiger partial charge in [-0.05, 0) is 38.0 Å². The van der Waals surface area contributed by atoms with E-state index in [0.29, 0.717) is 0 Å². The normalized spacial score (nSPS) is 36.4. The van der Waals surface area contributed by atoms with E-state index in [1.165, 1.54) is 11.3 Å². The molecule has 1 aromatic heterocycles. The monoisotopic (exact) mass is 436 g/mol. The molecule has 2 aliphatic heterocycles. The Morgan fingerprint density at radius 1 is 1.21 bits per heavy atom. The summed E-state index contributed by atoms with van der Waals surface area (Å²) in [6.07, 6.45) is 0.578. The molecule has 29 heavy (non-hydrogen) atoms. The molecule has 2 saturated carbocycles. The van der Waals surface area contributed by atoms with Crippen molar-refractivity contribution in [3.05, 3.63) is 14.5 Å². The number of imide groups is 1. The van der Waals surface area contributed by atoms with Gasteiger partial charge >= 0.3 is 10.8 Å². The summed E-state index contributed by atoms with van der Waals surface area (Å²) in [5.74, 6) is -1.26. The number of aromatic amines is 1. The van der Waals surface area contributed by atoms with Gasteiger partial charge in [0.1, 0.15) is 6.54 Å². The summed E-state index contributed by atoms with van der Waals surface area (Å²) in [5, 5.41) is 1.12. The largest absolute Gasteiger partial charge is 0.462 e. The molecule has 1 N–H and O–H groups in total. The predicted molar refractivity (Wildman–Crippen MR) is 108 cm³/mol. The van der Waals surface area contributed by atoms with Crippen LogP contribution in [0.5, 0.6) is 0 Å². The molecular formula is C20H24N2O5S2. The van der Waals surface area contributed by atoms with Gasteiger partial charge in [0.2, 0.25) is 11.8 Å². The molecule has 3 fully saturated rings. The van der Waals surface area contributed by atoms with Gasteiger partial charge in [-0.3, -0.25) is 24.1 Å². The van der Waals surface area contributed by atoms with Crippen molar-refractivity contribution < 1.29 is 19.1 Å². The van der Waals surface area contributed by atoms with Gasteiger partial charge in [0.25, 0.3) is 0 Å². The van der Waals surface area contributed by atoms with Crippen LogP contribution in [0.1, 0.15) is 39.0 Å². The number of ether oxygens (including phenoxy) is 1. The first-order chi connectivity index (χ1) is 13.6. The first kappa shape index (κ1) is 19.4. The highest BCUT2D eigenvalue weighted by molar-refractivity contribution is 8.00. The molecule has 9 heteroatoms. The van der Waals surface area contributed by atoms with Crippen LogP contribution < -0.4 is 4.87 Å². The zero-order valence-corrected chi connectivity index (χ0v) is 18.4. The van der Waals surface area contributed by atoms with E-state index in [1.807, 2.05) is 0 Å². The first-order valence-electron chi connectivity index (χ1n) is 10.1. The van der Waals surface area contributed by atoms with Crippen LogP contribution in [0.25, 0.3) is 0 Å². The van der Waals surface area contributed by atoms with Crippen LogP contribution in [-0.2, 0) is 24.5 Å². The lowest BCUT2D eigenvalue weighted by atomic mass is 9.64. The van der Waals surface area contributed by atoms with Gasteiger partial charge in [0, 0.05) is 15.5 Å². The number of thiazole rings is 1. The fraction of sp³-hybridized carbons (Fsp3) is 0.700. The molecular weight excluding hydrogens is 412 g/mol. The van der Waals surface area contributed by atoms with Crippen LogP contribution in [-0.4, -0.2) is 45.6 Å². The molecule has 6 atom stereocenters. The second-order valence-electron chi connectivity index (χ2n) is 9.42. The van der Waals surface area contributed by atoms with Gasteiger partial charge in [0.15, 0.2) is 0 Å². The first-order valence-corrected chi connectivity index (χ1v) is 11.8. The zero-order chi connectivity index (χ0) is 20.8. The number of carbonyl (C=O) groups excluding carboxylic acids is 3. The summed E-state index contributed by atoms with van der Waals surface area (Å²) in [5.41, 5.74) is -0.229. The fourth-order valence-electron chi connectivity index (χ4n) is 6.30. The van der Waals surface area contributed by atoms with Crippen molar-refractivity contribution >= 4 is 40.9 Å². The van der Waals surface area contributed by atoms with Crippen LogP contribution in [0.15, 0.2) is 9.82 Å². The quantitative estimate of drug-likeness (QED) is 0.575. The van der Waals surface area contributed by atoms with Crippen LogP contribution >= 0.6 is 23.1 Å². The highest BCUT2D eigenvalue weighted by atomic mass is 32.2. The molecule has 4 aliphatic rings. The van der Waals surface area contributed by atoms with Gasteiger partial charge in [-0.2, -0.15) is 0 Å². The average Bonchev–Trinajstić information content (AvgIpc) is 3.32. The van der Waals surface area contributed by atoms with E-state index in [1.54, 1.807) is 25.6 Å². The lowest BCUT2D eigenvalue weighted by Crippen LogP contribution is -2.48. The maximum absolute atomic E-state index is 13.2. The number of likely N-dealkylation sites (tertiary alicyclic amines) is 1. The van der Waals surface area contributed by atoms with E-state index in [9.17, 15) is 19.2 Å². The Kier molecular flexibility index (Phi) is 4.14. The number of nitrogens with zero attached hydrogens (tertiary/aromatic N) is 1. The van der Waals surface area contributed by atoms with Crippen molar-refractivity contribution in [1.29, 1.82) is 0 Å². The molecule has 0 spiro atoms. The highest BCUT2D eigenvalue weighted by Gasteiger charge is 2.70. The van der Waals surface area contributed by atoms with Crippen LogP contribution in [0, 0.1) is 29.6 Å². The smallest absolute Gasteiger partial charge is 0.326 e. The van der Waals surface area contributed by atoms with E-state index < -0.39 is 5.97 Å². The fourth-order valence-corrected chi connectivity index (χ4v) is 9.45. The zero-order valence-electron chi connectivity index (χ0n) is 16.8. The van der Waals surface area contributed by atoms with Crippen molar-refractivity contribution in [2.75, 3.05) is 6.54 Å². The van der Waals surface area contributed by atoms with E-state index >= 15 is 0 Å². The van der Waals surface area contributed by atoms with Crippen molar-refractivity contribution in [3.8, 4) is 0 Å². The topological polar surface area (TPSA) is 96.5 Å². The Hall–Kier alpha value is -1.61. The Morgan fingerprint density at radius 2 is 1.86 bits per heavy atom. The Labute approximate surface area is 176 Å².